The van der Waals surface area contributed by atoms with Gasteiger partial charge in [-0.15, -0.1) is 0 Å². The lowest BCUT2D eigenvalue weighted by Crippen LogP contribution is -2.15. The minimum Gasteiger partial charge on any atom is -0.490 e. The third kappa shape index (κ3) is 4.18. The third-order valence-electron chi connectivity index (χ3n) is 5.12. The molecular weight excluding hydrogens is 408 g/mol. The molecule has 0 saturated heterocycles. The fraction of sp³-hybridized carbons (Fsp3) is 0.381. The predicted octanol–water partition coefficient (Wildman–Crippen LogP) is 4.77. The van der Waals surface area contributed by atoms with Crippen molar-refractivity contribution in [2.45, 2.75) is 56.6 Å². The van der Waals surface area contributed by atoms with Crippen molar-refractivity contribution in [1.82, 2.24) is 4.57 Å². The van der Waals surface area contributed by atoms with Gasteiger partial charge in [-0.3, -0.25) is 14.1 Å². The Hall–Kier alpha value is -2.32. The van der Waals surface area contributed by atoms with E-state index in [9.17, 15) is 13.2 Å². The van der Waals surface area contributed by atoms with Gasteiger partial charge >= 0.3 is 4.87 Å². The number of fused-ring (bicyclic) bond motifs is 1. The van der Waals surface area contributed by atoms with Gasteiger partial charge in [-0.05, 0) is 82.0 Å². The molecule has 0 amide bonds. The van der Waals surface area contributed by atoms with E-state index in [4.69, 9.17) is 4.74 Å². The maximum absolute atomic E-state index is 12.8. The van der Waals surface area contributed by atoms with Gasteiger partial charge in [0.2, 0.25) is 0 Å². The van der Waals surface area contributed by atoms with Crippen LogP contribution in [0.25, 0.3) is 10.2 Å². The summed E-state index contributed by atoms with van der Waals surface area (Å²) < 4.78 is 36.5. The highest BCUT2D eigenvalue weighted by Gasteiger charge is 2.19. The lowest BCUT2D eigenvalue weighted by atomic mass is 10.3. The minimum absolute atomic E-state index is 0.0156. The lowest BCUT2D eigenvalue weighted by Gasteiger charge is -2.14. The summed E-state index contributed by atoms with van der Waals surface area (Å²) >= 11 is 1.06. The number of nitrogens with one attached hydrogen (secondary N) is 1. The van der Waals surface area contributed by atoms with Gasteiger partial charge in [0.25, 0.3) is 10.0 Å². The highest BCUT2D eigenvalue weighted by molar-refractivity contribution is 7.92. The van der Waals surface area contributed by atoms with Crippen molar-refractivity contribution in [3.05, 3.63) is 52.1 Å². The van der Waals surface area contributed by atoms with Gasteiger partial charge in [0.05, 0.1) is 21.2 Å². The van der Waals surface area contributed by atoms with Crippen molar-refractivity contribution in [3.8, 4) is 5.75 Å². The van der Waals surface area contributed by atoms with E-state index in [2.05, 4.69) is 4.72 Å². The van der Waals surface area contributed by atoms with Crippen LogP contribution in [-0.4, -0.2) is 19.1 Å². The Balaban J connectivity index is 1.54. The summed E-state index contributed by atoms with van der Waals surface area (Å²) in [6.07, 6.45) is 4.79. The zero-order valence-electron chi connectivity index (χ0n) is 16.4. The van der Waals surface area contributed by atoms with Crippen molar-refractivity contribution in [1.29, 1.82) is 0 Å². The van der Waals surface area contributed by atoms with Crippen LogP contribution in [0.1, 0.15) is 45.6 Å². The number of anilines is 1. The van der Waals surface area contributed by atoms with Crippen molar-refractivity contribution in [3.63, 3.8) is 0 Å². The zero-order chi connectivity index (χ0) is 20.6. The lowest BCUT2D eigenvalue weighted by molar-refractivity contribution is 0.210. The summed E-state index contributed by atoms with van der Waals surface area (Å²) in [7, 11) is -3.76. The minimum atomic E-state index is -3.76. The van der Waals surface area contributed by atoms with E-state index in [1.165, 1.54) is 18.9 Å². The van der Waals surface area contributed by atoms with E-state index >= 15 is 0 Å². The van der Waals surface area contributed by atoms with Crippen LogP contribution in [0.3, 0.4) is 0 Å². The van der Waals surface area contributed by atoms with Gasteiger partial charge in [0.1, 0.15) is 5.75 Å². The number of thiazole rings is 1. The van der Waals surface area contributed by atoms with Gasteiger partial charge in [-0.1, -0.05) is 11.3 Å². The highest BCUT2D eigenvalue weighted by atomic mass is 32.2. The Bertz CT molecular complexity index is 1170. The molecule has 2 aromatic carbocycles. The van der Waals surface area contributed by atoms with E-state index in [1.54, 1.807) is 41.0 Å². The average Bonchev–Trinajstić information content (AvgIpc) is 3.28. The van der Waals surface area contributed by atoms with Gasteiger partial charge in [-0.25, -0.2) is 8.42 Å². The molecule has 8 heteroatoms. The highest BCUT2D eigenvalue weighted by Crippen LogP contribution is 2.27. The number of ether oxygens (including phenoxy) is 1. The molecule has 154 valence electrons. The molecular formula is C21H24N2O4S2. The van der Waals surface area contributed by atoms with Crippen LogP contribution in [0.2, 0.25) is 0 Å². The molecule has 6 nitrogen and oxygen atoms in total. The molecule has 0 atom stereocenters. The number of rotatable bonds is 6. The van der Waals surface area contributed by atoms with E-state index < -0.39 is 10.0 Å². The van der Waals surface area contributed by atoms with E-state index in [0.29, 0.717) is 10.4 Å². The quantitative estimate of drug-likeness (QED) is 0.609. The second-order valence-corrected chi connectivity index (χ2v) is 10.3. The molecule has 0 aliphatic heterocycles. The van der Waals surface area contributed by atoms with Crippen LogP contribution in [0, 0.1) is 0 Å². The molecule has 0 bridgehead atoms. The third-order valence-corrected chi connectivity index (χ3v) is 7.42. The van der Waals surface area contributed by atoms with Crippen LogP contribution in [-0.2, 0) is 10.0 Å². The molecule has 1 heterocycles. The Morgan fingerprint density at radius 2 is 1.79 bits per heavy atom. The fourth-order valence-electron chi connectivity index (χ4n) is 3.69. The first-order valence-electron chi connectivity index (χ1n) is 9.78. The Morgan fingerprint density at radius 1 is 1.10 bits per heavy atom. The molecule has 1 aliphatic carbocycles. The first-order chi connectivity index (χ1) is 13.8. The van der Waals surface area contributed by atoms with Crippen LogP contribution < -0.4 is 14.3 Å². The van der Waals surface area contributed by atoms with Gasteiger partial charge in [0, 0.05) is 11.7 Å². The molecule has 1 fully saturated rings. The first kappa shape index (κ1) is 20.0. The summed E-state index contributed by atoms with van der Waals surface area (Å²) in [5, 5.41) is 0. The molecule has 4 rings (SSSR count). The SMILES string of the molecule is CC(C)n1c(=O)sc2cc(S(=O)(=O)Nc3ccc(OC4CCCC4)cc3)ccc21. The van der Waals surface area contributed by atoms with Crippen LogP contribution >= 0.6 is 11.3 Å². The van der Waals surface area contributed by atoms with Gasteiger partial charge in [-0.2, -0.15) is 0 Å². The smallest absolute Gasteiger partial charge is 0.308 e. The second kappa shape index (κ2) is 7.84. The van der Waals surface area contributed by atoms with E-state index in [0.717, 1.165) is 35.4 Å². The van der Waals surface area contributed by atoms with Crippen molar-refractivity contribution in [2.24, 2.45) is 0 Å². The largest absolute Gasteiger partial charge is 0.490 e. The zero-order valence-corrected chi connectivity index (χ0v) is 18.1. The van der Waals surface area contributed by atoms with Gasteiger partial charge < -0.3 is 4.74 Å². The maximum Gasteiger partial charge on any atom is 0.308 e. The molecule has 1 N–H and O–H groups in total. The summed E-state index contributed by atoms with van der Waals surface area (Å²) in [6, 6.07) is 11.8. The molecule has 29 heavy (non-hydrogen) atoms. The van der Waals surface area contributed by atoms with Gasteiger partial charge in [0.15, 0.2) is 0 Å². The number of aromatic nitrogens is 1. The van der Waals surface area contributed by atoms with E-state index in [-0.39, 0.29) is 21.9 Å². The fourth-order valence-corrected chi connectivity index (χ4v) is 5.90. The van der Waals surface area contributed by atoms with Crippen molar-refractivity contribution >= 4 is 37.3 Å². The Morgan fingerprint density at radius 3 is 2.45 bits per heavy atom. The van der Waals surface area contributed by atoms with Crippen molar-refractivity contribution in [2.75, 3.05) is 4.72 Å². The standard InChI is InChI=1S/C21H24N2O4S2/c1-14(2)23-19-12-11-18(13-20(19)28-21(23)24)29(25,26)22-15-7-9-17(10-8-15)27-16-5-3-4-6-16/h7-14,16,22H,3-6H2,1-2H3. The molecule has 0 spiro atoms. The number of benzene rings is 2. The van der Waals surface area contributed by atoms with Crippen LogP contribution in [0.5, 0.6) is 5.75 Å². The number of sulfonamides is 1. The van der Waals surface area contributed by atoms with Crippen molar-refractivity contribution < 1.29 is 13.2 Å². The first-order valence-corrected chi connectivity index (χ1v) is 12.1. The number of hydrogen-bond acceptors (Lipinski definition) is 5. The molecule has 0 unspecified atom stereocenters. The second-order valence-electron chi connectivity index (χ2n) is 7.62. The summed E-state index contributed by atoms with van der Waals surface area (Å²) in [5.74, 6) is 0.751. The average molecular weight is 433 g/mol. The number of nitrogens with zero attached hydrogens (tertiary/aromatic N) is 1. The number of hydrogen-bond donors (Lipinski definition) is 1. The summed E-state index contributed by atoms with van der Waals surface area (Å²) in [4.78, 5) is 12.2. The Labute approximate surface area is 174 Å². The van der Waals surface area contributed by atoms with E-state index in [1.807, 2.05) is 13.8 Å². The molecule has 0 radical (unpaired) electrons. The summed E-state index contributed by atoms with van der Waals surface area (Å²) in [6.45, 7) is 3.86. The Kier molecular flexibility index (Phi) is 5.40. The summed E-state index contributed by atoms with van der Waals surface area (Å²) in [5.41, 5.74) is 1.22. The molecule has 1 aliphatic rings. The van der Waals surface area contributed by atoms with Crippen LogP contribution in [0.15, 0.2) is 52.2 Å². The monoisotopic (exact) mass is 432 g/mol. The predicted molar refractivity (Wildman–Crippen MR) is 117 cm³/mol. The van der Waals surface area contributed by atoms with Crippen LogP contribution in [0.4, 0.5) is 5.69 Å². The maximum atomic E-state index is 12.8. The molecule has 3 aromatic rings. The topological polar surface area (TPSA) is 77.4 Å². The normalized spacial score (nSPS) is 15.3. The molecule has 1 saturated carbocycles. The molecule has 1 aromatic heterocycles.